The number of hydrogen-bond acceptors (Lipinski definition) is 5. The van der Waals surface area contributed by atoms with Gasteiger partial charge in [0.2, 0.25) is 0 Å². The molecule has 0 bridgehead atoms. The van der Waals surface area contributed by atoms with E-state index in [1.165, 1.54) is 10.5 Å². The van der Waals surface area contributed by atoms with Gasteiger partial charge in [-0.1, -0.05) is 153 Å². The van der Waals surface area contributed by atoms with E-state index in [1.807, 2.05) is 126 Å². The maximum Gasteiger partial charge on any atom is 2.00 e. The van der Waals surface area contributed by atoms with Crippen LogP contribution in [0.15, 0.2) is 139 Å². The van der Waals surface area contributed by atoms with Crippen LogP contribution in [0.3, 0.4) is 0 Å². The molecular weight excluding hydrogens is 1100 g/mol. The van der Waals surface area contributed by atoms with Crippen LogP contribution in [0.5, 0.6) is 11.5 Å². The van der Waals surface area contributed by atoms with E-state index < -0.39 is 40.9 Å². The monoisotopic (exact) mass is 1160 g/mol. The molecule has 72 heavy (non-hydrogen) atoms. The van der Waals surface area contributed by atoms with Crippen LogP contribution >= 0.6 is 0 Å². The maximum absolute atomic E-state index is 14.5. The third-order valence-electron chi connectivity index (χ3n) is 13.6. The van der Waals surface area contributed by atoms with Gasteiger partial charge in [0.25, 0.3) is 0 Å². The number of benzene rings is 6. The molecule has 12 heteroatoms. The summed E-state index contributed by atoms with van der Waals surface area (Å²) in [4.78, 5) is 13.9. The van der Waals surface area contributed by atoms with Gasteiger partial charge in [-0.2, -0.15) is 31.9 Å². The fourth-order valence-corrected chi connectivity index (χ4v) is 9.72. The van der Waals surface area contributed by atoms with E-state index in [-0.39, 0.29) is 61.8 Å². The number of pyridine rings is 1. The predicted molar refractivity (Wildman–Crippen MR) is 271 cm³/mol. The molecule has 0 fully saturated rings. The van der Waals surface area contributed by atoms with Crippen LogP contribution in [0, 0.1) is 26.0 Å². The Morgan fingerprint density at radius 2 is 1.21 bits per heavy atom. The quantitative estimate of drug-likeness (QED) is 0.112. The van der Waals surface area contributed by atoms with Crippen LogP contribution in [-0.4, -0.2) is 23.4 Å². The number of aryl methyl sites for hydroxylation is 2. The van der Waals surface area contributed by atoms with Crippen LogP contribution in [0.25, 0.3) is 0 Å². The van der Waals surface area contributed by atoms with Crippen LogP contribution in [0.2, 0.25) is 0 Å². The summed E-state index contributed by atoms with van der Waals surface area (Å²) in [6.07, 6.45) is -8.27. The first-order valence-corrected chi connectivity index (χ1v) is 23.7. The Morgan fingerprint density at radius 3 is 1.78 bits per heavy atom. The van der Waals surface area contributed by atoms with Crippen LogP contribution < -0.4 is 14.5 Å². The first kappa shape index (κ1) is 52.1. The number of alkyl halides is 6. The number of ether oxygens (including phenoxy) is 1. The minimum Gasteiger partial charge on any atom is -0.503 e. The third kappa shape index (κ3) is 10.4. The summed E-state index contributed by atoms with van der Waals surface area (Å²) >= 11 is 0. The van der Waals surface area contributed by atoms with Gasteiger partial charge >= 0.3 is 33.4 Å². The van der Waals surface area contributed by atoms with Crippen molar-refractivity contribution >= 4 is 28.7 Å². The molecule has 0 radical (unpaired) electrons. The molecule has 2 aliphatic heterocycles. The normalized spacial score (nSPS) is 15.7. The summed E-state index contributed by atoms with van der Waals surface area (Å²) in [5.41, 5.74) is 5.74. The van der Waals surface area contributed by atoms with Gasteiger partial charge in [-0.15, -0.1) is 35.4 Å². The number of amidine groups is 1. The maximum atomic E-state index is 14.5. The molecule has 1 atom stereocenters. The Hall–Kier alpha value is -6.19. The summed E-state index contributed by atoms with van der Waals surface area (Å²) in [6, 6.07) is 43.5. The molecule has 0 N–H and O–H groups in total. The molecule has 1 aromatic heterocycles. The smallest absolute Gasteiger partial charge is 0.503 e. The Labute approximate surface area is 433 Å². The van der Waals surface area contributed by atoms with Gasteiger partial charge in [-0.05, 0) is 75.9 Å². The third-order valence-corrected chi connectivity index (χ3v) is 13.6. The molecule has 0 amide bonds. The van der Waals surface area contributed by atoms with Gasteiger partial charge in [-0.25, -0.2) is 4.98 Å². The van der Waals surface area contributed by atoms with Crippen molar-refractivity contribution in [3.63, 3.8) is 0 Å². The number of fused-ring (bicyclic) bond motifs is 2. The summed E-state index contributed by atoms with van der Waals surface area (Å²) < 4.78 is 93.9. The largest absolute Gasteiger partial charge is 2.00 e. The molecule has 0 saturated carbocycles. The average Bonchev–Trinajstić information content (AvgIpc) is 3.73. The molecule has 374 valence electrons. The molecule has 0 saturated heterocycles. The number of nitrogens with zero attached hydrogens (tertiary/aromatic N) is 4. The van der Waals surface area contributed by atoms with Crippen molar-refractivity contribution in [3.8, 4) is 11.5 Å². The zero-order chi connectivity index (χ0) is 51.0. The van der Waals surface area contributed by atoms with Crippen molar-refractivity contribution < 1.29 is 52.1 Å². The van der Waals surface area contributed by atoms with Gasteiger partial charge in [0, 0.05) is 52.5 Å². The Bertz CT molecular complexity index is 3100. The van der Waals surface area contributed by atoms with E-state index >= 15 is 0 Å². The second-order valence-electron chi connectivity index (χ2n) is 21.4. The standard InChI is InChI=1S/C60H56F6N4O.Pt/c1-36-23-46(70-52-22-21-41(56(3,4)5)32-49(52)58(9,10)50-25-37(2)34-67-55(50)70)33-47(24-36)71-48-27-40(26-42(31-48)57(6,7)8)54-68-51(53(38-17-13-11-14-18-38)39-19-15-12-16-20-39)35-69(54)45-29-43(59(61,62)63)28-44(30-45)60(64,65)66;/h11-26,28-32,34,51,53H,35H2,1-10H3;/q-2;+2/t51-;/m0./s1. The zero-order valence-corrected chi connectivity index (χ0v) is 44.1. The Morgan fingerprint density at radius 1 is 0.625 bits per heavy atom. The fourth-order valence-electron chi connectivity index (χ4n) is 9.72. The summed E-state index contributed by atoms with van der Waals surface area (Å²) in [5.74, 6) is 1.14. The molecule has 5 nitrogen and oxygen atoms in total. The number of hydrogen-bond donors (Lipinski definition) is 0. The van der Waals surface area contributed by atoms with Gasteiger partial charge in [-0.3, -0.25) is 0 Å². The summed E-state index contributed by atoms with van der Waals surface area (Å²) in [5, 5.41) is 0. The average molecular weight is 1160 g/mol. The van der Waals surface area contributed by atoms with E-state index in [0.29, 0.717) is 17.0 Å². The number of aliphatic imine (C=N–C) groups is 1. The Balaban J connectivity index is 0.00000693. The Kier molecular flexibility index (Phi) is 13.8. The molecule has 6 aromatic carbocycles. The van der Waals surface area contributed by atoms with Crippen molar-refractivity contribution in [2.75, 3.05) is 16.3 Å². The second kappa shape index (κ2) is 19.0. The molecule has 7 aromatic rings. The number of aromatic nitrogens is 1. The van der Waals surface area contributed by atoms with E-state index in [9.17, 15) is 26.3 Å². The number of halogens is 6. The van der Waals surface area contributed by atoms with Crippen LogP contribution in [-0.2, 0) is 49.7 Å². The topological polar surface area (TPSA) is 41.0 Å². The fraction of sp³-hybridized carbons (Fsp3) is 0.300. The molecule has 0 aliphatic carbocycles. The SMILES string of the molecule is Cc1cc(Oc2[c-]c(C3=N[C@H](C(c4ccccc4)c4ccccc4)CN3c3cc(C(F)(F)F)cc(C(F)(F)F)c3)cc(C(C)(C)C)c2)[c-]c(N2c3ccc(C(C)(C)C)cc3C(C)(C)c3cc(C)cnc32)c1.[Pt+2]. The van der Waals surface area contributed by atoms with Gasteiger partial charge < -0.3 is 19.5 Å². The number of anilines is 4. The van der Waals surface area contributed by atoms with Crippen molar-refractivity contribution in [1.82, 2.24) is 4.98 Å². The first-order valence-electron chi connectivity index (χ1n) is 23.7. The molecule has 0 unspecified atom stereocenters. The van der Waals surface area contributed by atoms with Crippen molar-refractivity contribution in [2.45, 2.75) is 110 Å². The van der Waals surface area contributed by atoms with Gasteiger partial charge in [0.1, 0.15) is 5.82 Å². The van der Waals surface area contributed by atoms with Gasteiger partial charge in [0.15, 0.2) is 0 Å². The molecule has 2 aliphatic rings. The summed E-state index contributed by atoms with van der Waals surface area (Å²) in [7, 11) is 0. The van der Waals surface area contributed by atoms with Crippen molar-refractivity contribution in [3.05, 3.63) is 207 Å². The molecular formula is C60H56F6N4OPt. The van der Waals surface area contributed by atoms with Crippen LogP contribution in [0.4, 0.5) is 49.2 Å². The van der Waals surface area contributed by atoms with E-state index in [1.54, 1.807) is 0 Å². The predicted octanol–water partition coefficient (Wildman–Crippen LogP) is 16.3. The minimum absolute atomic E-state index is 0. The minimum atomic E-state index is -5.07. The number of rotatable bonds is 8. The molecule has 3 heterocycles. The second-order valence-corrected chi connectivity index (χ2v) is 21.4. The van der Waals surface area contributed by atoms with Gasteiger partial charge in [0.05, 0.1) is 23.0 Å². The van der Waals surface area contributed by atoms with Crippen molar-refractivity contribution in [2.24, 2.45) is 4.99 Å². The molecule has 9 rings (SSSR count). The zero-order valence-electron chi connectivity index (χ0n) is 41.8. The van der Waals surface area contributed by atoms with Crippen LogP contribution in [0.1, 0.15) is 123 Å². The van der Waals surface area contributed by atoms with E-state index in [0.717, 1.165) is 62.6 Å². The summed E-state index contributed by atoms with van der Waals surface area (Å²) in [6.45, 7) is 21.1. The molecule has 0 spiro atoms. The van der Waals surface area contributed by atoms with E-state index in [4.69, 9.17) is 14.7 Å². The van der Waals surface area contributed by atoms with E-state index in [2.05, 4.69) is 75.9 Å². The van der Waals surface area contributed by atoms with Crippen molar-refractivity contribution in [1.29, 1.82) is 0 Å². The first-order chi connectivity index (χ1) is 33.3.